The van der Waals surface area contributed by atoms with Crippen LogP contribution in [-0.4, -0.2) is 29.4 Å². The summed E-state index contributed by atoms with van der Waals surface area (Å²) in [6.45, 7) is 1.98. The summed E-state index contributed by atoms with van der Waals surface area (Å²) < 4.78 is 5.20. The minimum atomic E-state index is -1.05. The maximum atomic E-state index is 12.6. The van der Waals surface area contributed by atoms with Gasteiger partial charge in [-0.25, -0.2) is 4.79 Å². The number of anilines is 1. The highest BCUT2D eigenvalue weighted by atomic mass is 35.5. The number of hydrogen-bond acceptors (Lipinski definition) is 5. The molecule has 2 aromatic rings. The third-order valence-electron chi connectivity index (χ3n) is 4.17. The standard InChI is InChI=1S/C18H15ClN2O5/c1-11(17(22)20-9-8-12-4-2-3-5-16(12)20)26-18(23)14-10-13(21(24)25)6-7-15(14)19/h2-7,10-11H,8-9H2,1H3/t11-/m0/s1. The number of nitrogens with zero attached hydrogens (tertiary/aromatic N) is 2. The molecule has 1 heterocycles. The van der Waals surface area contributed by atoms with Gasteiger partial charge in [0.1, 0.15) is 0 Å². The molecule has 0 aliphatic carbocycles. The SMILES string of the molecule is C[C@H](OC(=O)c1cc([N+](=O)[O-])ccc1Cl)C(=O)N1CCc2ccccc21. The van der Waals surface area contributed by atoms with E-state index >= 15 is 0 Å². The molecule has 1 aliphatic rings. The Balaban J connectivity index is 1.75. The molecular formula is C18H15ClN2O5. The molecule has 1 amide bonds. The Kier molecular flexibility index (Phi) is 4.90. The van der Waals surface area contributed by atoms with Gasteiger partial charge in [-0.05, 0) is 31.0 Å². The van der Waals surface area contributed by atoms with Gasteiger partial charge in [-0.3, -0.25) is 14.9 Å². The number of carbonyl (C=O) groups excluding carboxylic acids is 2. The van der Waals surface area contributed by atoms with E-state index < -0.39 is 17.0 Å². The van der Waals surface area contributed by atoms with Crippen molar-refractivity contribution < 1.29 is 19.2 Å². The van der Waals surface area contributed by atoms with E-state index in [0.717, 1.165) is 23.7 Å². The third-order valence-corrected chi connectivity index (χ3v) is 4.50. The summed E-state index contributed by atoms with van der Waals surface area (Å²) >= 11 is 5.93. The van der Waals surface area contributed by atoms with Crippen molar-refractivity contribution in [2.24, 2.45) is 0 Å². The molecule has 7 nitrogen and oxygen atoms in total. The van der Waals surface area contributed by atoms with Crippen LogP contribution in [0.1, 0.15) is 22.8 Å². The predicted octanol–water partition coefficient (Wildman–Crippen LogP) is 3.38. The van der Waals surface area contributed by atoms with Crippen molar-refractivity contribution in [3.8, 4) is 0 Å². The van der Waals surface area contributed by atoms with Crippen molar-refractivity contribution in [1.29, 1.82) is 0 Å². The first-order chi connectivity index (χ1) is 12.4. The largest absolute Gasteiger partial charge is 0.449 e. The molecule has 0 spiro atoms. The molecular weight excluding hydrogens is 360 g/mol. The molecule has 0 radical (unpaired) electrons. The van der Waals surface area contributed by atoms with Crippen LogP contribution in [0.25, 0.3) is 0 Å². The van der Waals surface area contributed by atoms with Crippen molar-refractivity contribution in [2.45, 2.75) is 19.4 Å². The van der Waals surface area contributed by atoms with E-state index in [-0.39, 0.29) is 22.2 Å². The summed E-state index contributed by atoms with van der Waals surface area (Å²) in [4.78, 5) is 36.8. The van der Waals surface area contributed by atoms with Crippen molar-refractivity contribution in [3.05, 3.63) is 68.7 Å². The van der Waals surface area contributed by atoms with E-state index in [0.29, 0.717) is 6.54 Å². The second-order valence-electron chi connectivity index (χ2n) is 5.84. The third kappa shape index (κ3) is 3.39. The second kappa shape index (κ2) is 7.13. The van der Waals surface area contributed by atoms with Gasteiger partial charge in [-0.2, -0.15) is 0 Å². The van der Waals surface area contributed by atoms with Gasteiger partial charge in [0.15, 0.2) is 6.10 Å². The molecule has 1 atom stereocenters. The molecule has 1 aliphatic heterocycles. The number of nitro groups is 1. The van der Waals surface area contributed by atoms with Gasteiger partial charge in [-0.15, -0.1) is 0 Å². The van der Waals surface area contributed by atoms with Crippen LogP contribution >= 0.6 is 11.6 Å². The summed E-state index contributed by atoms with van der Waals surface area (Å²) in [7, 11) is 0. The zero-order valence-electron chi connectivity index (χ0n) is 13.8. The number of carbonyl (C=O) groups is 2. The molecule has 0 fully saturated rings. The predicted molar refractivity (Wildman–Crippen MR) is 95.5 cm³/mol. The maximum absolute atomic E-state index is 12.6. The topological polar surface area (TPSA) is 89.7 Å². The van der Waals surface area contributed by atoms with E-state index in [1.165, 1.54) is 19.1 Å². The highest BCUT2D eigenvalue weighted by Gasteiger charge is 2.30. The number of nitro benzene ring substituents is 1. The molecule has 26 heavy (non-hydrogen) atoms. The number of fused-ring (bicyclic) bond motifs is 1. The highest BCUT2D eigenvalue weighted by Crippen LogP contribution is 2.29. The lowest BCUT2D eigenvalue weighted by atomic mass is 10.2. The number of halogens is 1. The molecule has 8 heteroatoms. The zero-order chi connectivity index (χ0) is 18.8. The molecule has 0 N–H and O–H groups in total. The number of benzene rings is 2. The Hall–Kier alpha value is -2.93. The van der Waals surface area contributed by atoms with E-state index in [1.54, 1.807) is 4.90 Å². The second-order valence-corrected chi connectivity index (χ2v) is 6.24. The summed E-state index contributed by atoms with van der Waals surface area (Å²) in [5, 5.41) is 10.9. The first-order valence-corrected chi connectivity index (χ1v) is 8.30. The quantitative estimate of drug-likeness (QED) is 0.465. The first-order valence-electron chi connectivity index (χ1n) is 7.92. The smallest absolute Gasteiger partial charge is 0.340 e. The van der Waals surface area contributed by atoms with Crippen LogP contribution in [-0.2, 0) is 16.0 Å². The van der Waals surface area contributed by atoms with Crippen LogP contribution in [0.4, 0.5) is 11.4 Å². The van der Waals surface area contributed by atoms with Crippen LogP contribution < -0.4 is 4.90 Å². The molecule has 0 saturated heterocycles. The normalized spacial score (nSPS) is 13.8. The average molecular weight is 375 g/mol. The number of hydrogen-bond donors (Lipinski definition) is 0. The molecule has 134 valence electrons. The lowest BCUT2D eigenvalue weighted by Crippen LogP contribution is -2.39. The molecule has 0 unspecified atom stereocenters. The Labute approximate surface area is 154 Å². The monoisotopic (exact) mass is 374 g/mol. The summed E-state index contributed by atoms with van der Waals surface area (Å²) in [6.07, 6.45) is -0.316. The number of amides is 1. The van der Waals surface area contributed by atoms with E-state index in [9.17, 15) is 19.7 Å². The lowest BCUT2D eigenvalue weighted by molar-refractivity contribution is -0.384. The van der Waals surface area contributed by atoms with Crippen molar-refractivity contribution in [1.82, 2.24) is 0 Å². The molecule has 0 saturated carbocycles. The number of para-hydroxylation sites is 1. The molecule has 3 rings (SSSR count). The minimum Gasteiger partial charge on any atom is -0.449 e. The highest BCUT2D eigenvalue weighted by molar-refractivity contribution is 6.33. The number of non-ortho nitro benzene ring substituents is 1. The molecule has 0 bridgehead atoms. The Morgan fingerprint density at radius 1 is 1.27 bits per heavy atom. The lowest BCUT2D eigenvalue weighted by Gasteiger charge is -2.21. The zero-order valence-corrected chi connectivity index (χ0v) is 14.6. The fourth-order valence-corrected chi connectivity index (χ4v) is 3.04. The van der Waals surface area contributed by atoms with Crippen LogP contribution in [0.2, 0.25) is 5.02 Å². The summed E-state index contributed by atoms with van der Waals surface area (Å²) in [6, 6.07) is 11.0. The average Bonchev–Trinajstić information content (AvgIpc) is 3.05. The Morgan fingerprint density at radius 2 is 2.00 bits per heavy atom. The fourth-order valence-electron chi connectivity index (χ4n) is 2.84. The number of ether oxygens (including phenoxy) is 1. The Morgan fingerprint density at radius 3 is 2.73 bits per heavy atom. The van der Waals surface area contributed by atoms with Crippen LogP contribution in [0.15, 0.2) is 42.5 Å². The summed E-state index contributed by atoms with van der Waals surface area (Å²) in [5.41, 5.74) is 1.42. The van der Waals surface area contributed by atoms with E-state index in [2.05, 4.69) is 0 Å². The summed E-state index contributed by atoms with van der Waals surface area (Å²) in [5.74, 6) is -1.24. The van der Waals surface area contributed by atoms with Gasteiger partial charge >= 0.3 is 5.97 Å². The van der Waals surface area contributed by atoms with Crippen molar-refractivity contribution in [3.63, 3.8) is 0 Å². The van der Waals surface area contributed by atoms with Crippen molar-refractivity contribution in [2.75, 3.05) is 11.4 Å². The van der Waals surface area contributed by atoms with Crippen LogP contribution in [0.5, 0.6) is 0 Å². The van der Waals surface area contributed by atoms with Gasteiger partial charge in [0.25, 0.3) is 11.6 Å². The van der Waals surface area contributed by atoms with Gasteiger partial charge in [0, 0.05) is 24.4 Å². The van der Waals surface area contributed by atoms with Crippen LogP contribution in [0.3, 0.4) is 0 Å². The van der Waals surface area contributed by atoms with Crippen LogP contribution in [0, 0.1) is 10.1 Å². The fraction of sp³-hybridized carbons (Fsp3) is 0.222. The molecule has 2 aromatic carbocycles. The number of esters is 1. The Bertz CT molecular complexity index is 899. The van der Waals surface area contributed by atoms with Gasteiger partial charge in [0.05, 0.1) is 15.5 Å². The van der Waals surface area contributed by atoms with Gasteiger partial charge in [0.2, 0.25) is 0 Å². The van der Waals surface area contributed by atoms with E-state index in [1.807, 2.05) is 24.3 Å². The van der Waals surface area contributed by atoms with E-state index in [4.69, 9.17) is 16.3 Å². The first kappa shape index (κ1) is 17.9. The van der Waals surface area contributed by atoms with Crippen molar-refractivity contribution >= 4 is 34.9 Å². The number of rotatable bonds is 4. The van der Waals surface area contributed by atoms with Gasteiger partial charge in [-0.1, -0.05) is 29.8 Å². The maximum Gasteiger partial charge on any atom is 0.340 e. The minimum absolute atomic E-state index is 0.0202. The van der Waals surface area contributed by atoms with Gasteiger partial charge < -0.3 is 9.64 Å². The molecule has 0 aromatic heterocycles.